The van der Waals surface area contributed by atoms with E-state index in [4.69, 9.17) is 0 Å². The highest BCUT2D eigenvalue weighted by molar-refractivity contribution is 6.31. The zero-order valence-corrected chi connectivity index (χ0v) is 17.0. The van der Waals surface area contributed by atoms with Crippen LogP contribution in [0.3, 0.4) is 0 Å². The normalized spacial score (nSPS) is 15.3. The number of amides is 2. The summed E-state index contributed by atoms with van der Waals surface area (Å²) in [5, 5.41) is 1.29. The van der Waals surface area contributed by atoms with Gasteiger partial charge < -0.3 is 4.57 Å². The molecule has 1 N–H and O–H groups in total. The second-order valence-electron chi connectivity index (χ2n) is 7.36. The molecule has 0 atom stereocenters. The number of para-hydroxylation sites is 1. The van der Waals surface area contributed by atoms with Gasteiger partial charge in [0.1, 0.15) is 5.57 Å². The van der Waals surface area contributed by atoms with Gasteiger partial charge >= 0.3 is 0 Å². The van der Waals surface area contributed by atoms with Gasteiger partial charge in [0.2, 0.25) is 0 Å². The Hall–Kier alpha value is -3.60. The summed E-state index contributed by atoms with van der Waals surface area (Å²) < 4.78 is 2.17. The molecule has 1 aliphatic heterocycles. The number of aromatic nitrogens is 1. The van der Waals surface area contributed by atoms with Gasteiger partial charge in [-0.05, 0) is 74.7 Å². The number of rotatable bonds is 3. The molecule has 2 heterocycles. The molecule has 29 heavy (non-hydrogen) atoms. The summed E-state index contributed by atoms with van der Waals surface area (Å²) in [6.07, 6.45) is 1.69. The first-order chi connectivity index (χ1) is 13.9. The zero-order chi connectivity index (χ0) is 20.7. The molecule has 5 heteroatoms. The lowest BCUT2D eigenvalue weighted by Crippen LogP contribution is -2.35. The number of nitrogens with zero attached hydrogens (tertiary/aromatic N) is 2. The lowest BCUT2D eigenvalue weighted by Gasteiger charge is -2.14. The summed E-state index contributed by atoms with van der Waals surface area (Å²) in [4.78, 5) is 25.4. The van der Waals surface area contributed by atoms with Crippen molar-refractivity contribution in [2.45, 2.75) is 27.7 Å². The van der Waals surface area contributed by atoms with Crippen molar-refractivity contribution in [3.63, 3.8) is 0 Å². The van der Waals surface area contributed by atoms with E-state index < -0.39 is 5.91 Å². The predicted molar refractivity (Wildman–Crippen MR) is 115 cm³/mol. The summed E-state index contributed by atoms with van der Waals surface area (Å²) in [5.74, 6) is -0.742. The molecule has 2 amide bonds. The van der Waals surface area contributed by atoms with E-state index in [9.17, 15) is 9.59 Å². The number of anilines is 1. The molecule has 0 spiro atoms. The number of carbonyl (C=O) groups excluding carboxylic acids is 2. The highest BCUT2D eigenvalue weighted by atomic mass is 16.2. The van der Waals surface area contributed by atoms with Crippen molar-refractivity contribution >= 4 is 23.6 Å². The lowest BCUT2D eigenvalue weighted by atomic mass is 10.1. The summed E-state index contributed by atoms with van der Waals surface area (Å²) >= 11 is 0. The van der Waals surface area contributed by atoms with Crippen molar-refractivity contribution in [1.29, 1.82) is 0 Å². The number of nitrogens with one attached hydrogen (secondary N) is 1. The minimum atomic E-state index is -0.393. The summed E-state index contributed by atoms with van der Waals surface area (Å²) in [6, 6.07) is 17.3. The Morgan fingerprint density at radius 2 is 1.62 bits per heavy atom. The molecule has 1 saturated heterocycles. The van der Waals surface area contributed by atoms with Gasteiger partial charge in [0.05, 0.1) is 5.69 Å². The maximum Gasteiger partial charge on any atom is 0.282 e. The van der Waals surface area contributed by atoms with E-state index in [0.717, 1.165) is 22.6 Å². The van der Waals surface area contributed by atoms with Gasteiger partial charge in [0.25, 0.3) is 11.8 Å². The van der Waals surface area contributed by atoms with E-state index >= 15 is 0 Å². The van der Waals surface area contributed by atoms with Crippen LogP contribution in [-0.4, -0.2) is 16.4 Å². The first-order valence-corrected chi connectivity index (χ1v) is 9.56. The zero-order valence-electron chi connectivity index (χ0n) is 17.0. The Morgan fingerprint density at radius 1 is 0.897 bits per heavy atom. The summed E-state index contributed by atoms with van der Waals surface area (Å²) in [5.41, 5.74) is 9.85. The van der Waals surface area contributed by atoms with Crippen LogP contribution in [0.25, 0.3) is 11.8 Å². The number of aryl methyl sites for hydroxylation is 2. The van der Waals surface area contributed by atoms with Gasteiger partial charge in [-0.25, -0.2) is 5.01 Å². The third-order valence-electron chi connectivity index (χ3n) is 5.49. The number of hydrazine groups is 1. The van der Waals surface area contributed by atoms with Gasteiger partial charge in [-0.2, -0.15) is 0 Å². The van der Waals surface area contributed by atoms with Gasteiger partial charge in [-0.1, -0.05) is 30.3 Å². The first kappa shape index (κ1) is 18.7. The van der Waals surface area contributed by atoms with Crippen molar-refractivity contribution in [3.8, 4) is 5.69 Å². The van der Waals surface area contributed by atoms with Crippen molar-refractivity contribution in [2.75, 3.05) is 5.01 Å². The highest BCUT2D eigenvalue weighted by Gasteiger charge is 2.34. The second kappa shape index (κ2) is 7.09. The minimum Gasteiger partial charge on any atom is -0.318 e. The minimum absolute atomic E-state index is 0.134. The molecule has 4 rings (SSSR count). The van der Waals surface area contributed by atoms with Crippen molar-refractivity contribution in [1.82, 2.24) is 9.99 Å². The third-order valence-corrected chi connectivity index (χ3v) is 5.49. The van der Waals surface area contributed by atoms with Crippen LogP contribution in [0.4, 0.5) is 5.69 Å². The molecule has 1 aliphatic rings. The van der Waals surface area contributed by atoms with Crippen molar-refractivity contribution < 1.29 is 9.59 Å². The van der Waals surface area contributed by atoms with Gasteiger partial charge in [-0.15, -0.1) is 0 Å². The van der Waals surface area contributed by atoms with E-state index in [0.29, 0.717) is 5.69 Å². The molecule has 0 aliphatic carbocycles. The van der Waals surface area contributed by atoms with Crippen LogP contribution in [0, 0.1) is 27.7 Å². The number of carbonyl (C=O) groups is 2. The maximum atomic E-state index is 12.9. The largest absolute Gasteiger partial charge is 0.318 e. The fraction of sp³-hybridized carbons (Fsp3) is 0.167. The second-order valence-corrected chi connectivity index (χ2v) is 7.36. The third kappa shape index (κ3) is 3.14. The number of hydrogen-bond donors (Lipinski definition) is 1. The monoisotopic (exact) mass is 385 g/mol. The predicted octanol–water partition coefficient (Wildman–Crippen LogP) is 4.17. The Kier molecular flexibility index (Phi) is 4.59. The van der Waals surface area contributed by atoms with E-state index in [-0.39, 0.29) is 11.5 Å². The summed E-state index contributed by atoms with van der Waals surface area (Å²) in [7, 11) is 0. The van der Waals surface area contributed by atoms with Gasteiger partial charge in [0, 0.05) is 17.1 Å². The molecule has 3 aromatic rings. The van der Waals surface area contributed by atoms with E-state index in [1.807, 2.05) is 44.2 Å². The van der Waals surface area contributed by atoms with Crippen LogP contribution < -0.4 is 10.4 Å². The Morgan fingerprint density at radius 3 is 2.34 bits per heavy atom. The molecule has 1 fully saturated rings. The first-order valence-electron chi connectivity index (χ1n) is 9.56. The molecular weight excluding hydrogens is 362 g/mol. The van der Waals surface area contributed by atoms with Crippen LogP contribution in [0.5, 0.6) is 0 Å². The molecule has 1 aromatic heterocycles. The highest BCUT2D eigenvalue weighted by Crippen LogP contribution is 2.28. The quantitative estimate of drug-likeness (QED) is 0.543. The van der Waals surface area contributed by atoms with E-state index in [1.165, 1.54) is 16.1 Å². The molecule has 0 radical (unpaired) electrons. The van der Waals surface area contributed by atoms with Crippen LogP contribution in [-0.2, 0) is 9.59 Å². The van der Waals surface area contributed by atoms with Crippen molar-refractivity contribution in [3.05, 3.63) is 88.2 Å². The van der Waals surface area contributed by atoms with Crippen LogP contribution in [0.1, 0.15) is 28.1 Å². The molecule has 0 unspecified atom stereocenters. The summed E-state index contributed by atoms with van der Waals surface area (Å²) in [6.45, 7) is 8.24. The molecule has 146 valence electrons. The standard InChI is InChI=1S/C24H23N3O2/c1-15-9-8-12-22(17(15)3)26-16(2)13-19(18(26)4)14-21-23(28)25-27(24(21)29)20-10-6-5-7-11-20/h5-14H,1-4H3,(H,25,28). The lowest BCUT2D eigenvalue weighted by molar-refractivity contribution is -0.117. The van der Waals surface area contributed by atoms with Crippen LogP contribution in [0.15, 0.2) is 60.2 Å². The topological polar surface area (TPSA) is 54.3 Å². The van der Waals surface area contributed by atoms with Gasteiger partial charge in [0.15, 0.2) is 0 Å². The fourth-order valence-electron chi connectivity index (χ4n) is 3.75. The Bertz CT molecular complexity index is 1160. The molecular formula is C24H23N3O2. The fourth-order valence-corrected chi connectivity index (χ4v) is 3.75. The molecule has 0 bridgehead atoms. The van der Waals surface area contributed by atoms with Crippen LogP contribution in [0.2, 0.25) is 0 Å². The maximum absolute atomic E-state index is 12.9. The SMILES string of the molecule is Cc1cccc(-n2c(C)cc(C=C3C(=O)NN(c4ccccc4)C3=O)c2C)c1C. The van der Waals surface area contributed by atoms with Crippen LogP contribution >= 0.6 is 0 Å². The number of hydrogen-bond acceptors (Lipinski definition) is 2. The van der Waals surface area contributed by atoms with Crippen molar-refractivity contribution in [2.24, 2.45) is 0 Å². The smallest absolute Gasteiger partial charge is 0.282 e. The van der Waals surface area contributed by atoms with E-state index in [2.05, 4.69) is 36.0 Å². The average molecular weight is 385 g/mol. The average Bonchev–Trinajstić information content (AvgIpc) is 3.15. The Labute approximate surface area is 170 Å². The Balaban J connectivity index is 1.75. The number of benzene rings is 2. The molecule has 5 nitrogen and oxygen atoms in total. The van der Waals surface area contributed by atoms with E-state index in [1.54, 1.807) is 18.2 Å². The molecule has 2 aromatic carbocycles. The molecule has 0 saturated carbocycles. The van der Waals surface area contributed by atoms with Gasteiger partial charge in [-0.3, -0.25) is 15.0 Å².